The summed E-state index contributed by atoms with van der Waals surface area (Å²) in [6.45, 7) is 1.45. The molecule has 0 radical (unpaired) electrons. The zero-order chi connectivity index (χ0) is 18.1. The Labute approximate surface area is 153 Å². The van der Waals surface area contributed by atoms with Crippen LogP contribution >= 0.6 is 23.2 Å². The number of halogens is 3. The number of nitrogens with one attached hydrogen (secondary N) is 1. The van der Waals surface area contributed by atoms with Crippen LogP contribution in [0.5, 0.6) is 5.75 Å². The summed E-state index contributed by atoms with van der Waals surface area (Å²) in [5.74, 6) is -1.06. The maximum Gasteiger partial charge on any atom is 0.262 e. The molecule has 0 unspecified atom stereocenters. The monoisotopic (exact) mass is 381 g/mol. The molecule has 0 bridgehead atoms. The molecule has 1 aliphatic rings. The lowest BCUT2D eigenvalue weighted by atomic mass is 10.0. The molecule has 0 heterocycles. The number of ether oxygens (including phenoxy) is 1. The van der Waals surface area contributed by atoms with Crippen molar-refractivity contribution in [3.63, 3.8) is 0 Å². The van der Waals surface area contributed by atoms with Crippen molar-refractivity contribution in [3.05, 3.63) is 57.3 Å². The average Bonchev–Trinajstić information content (AvgIpc) is 2.85. The molecule has 3 rings (SSSR count). The Morgan fingerprint density at radius 3 is 2.80 bits per heavy atom. The van der Waals surface area contributed by atoms with Crippen molar-refractivity contribution in [2.24, 2.45) is 0 Å². The van der Waals surface area contributed by atoms with E-state index in [9.17, 15) is 14.0 Å². The van der Waals surface area contributed by atoms with Gasteiger partial charge in [-0.25, -0.2) is 4.39 Å². The molecular weight excluding hydrogens is 368 g/mol. The van der Waals surface area contributed by atoms with Gasteiger partial charge in [0.2, 0.25) is 0 Å². The van der Waals surface area contributed by atoms with Gasteiger partial charge in [0, 0.05) is 17.0 Å². The fourth-order valence-electron chi connectivity index (χ4n) is 2.87. The van der Waals surface area contributed by atoms with Gasteiger partial charge < -0.3 is 10.1 Å². The Bertz CT molecular complexity index is 870. The number of rotatable bonds is 4. The summed E-state index contributed by atoms with van der Waals surface area (Å²) in [6, 6.07) is 7.29. The van der Waals surface area contributed by atoms with Gasteiger partial charge in [-0.05, 0) is 36.2 Å². The molecule has 25 heavy (non-hydrogen) atoms. The Hall–Kier alpha value is -2.11. The summed E-state index contributed by atoms with van der Waals surface area (Å²) in [4.78, 5) is 24.1. The van der Waals surface area contributed by atoms with E-state index >= 15 is 0 Å². The van der Waals surface area contributed by atoms with E-state index in [1.807, 2.05) is 0 Å². The van der Waals surface area contributed by atoms with Gasteiger partial charge in [0.15, 0.2) is 12.4 Å². The molecule has 1 atom stereocenters. The van der Waals surface area contributed by atoms with Crippen LogP contribution in [0.25, 0.3) is 0 Å². The van der Waals surface area contributed by atoms with Gasteiger partial charge in [-0.2, -0.15) is 0 Å². The second-order valence-corrected chi connectivity index (χ2v) is 6.67. The molecule has 0 aliphatic heterocycles. The van der Waals surface area contributed by atoms with E-state index in [4.69, 9.17) is 27.9 Å². The molecule has 2 aromatic carbocycles. The van der Waals surface area contributed by atoms with Crippen LogP contribution in [0.2, 0.25) is 10.0 Å². The smallest absolute Gasteiger partial charge is 0.262 e. The first-order chi connectivity index (χ1) is 11.9. The highest BCUT2D eigenvalue weighted by atomic mass is 35.5. The summed E-state index contributed by atoms with van der Waals surface area (Å²) >= 11 is 11.8. The number of fused-ring (bicyclic) bond motifs is 1. The third-order valence-corrected chi connectivity index (χ3v) is 4.53. The molecule has 1 N–H and O–H groups in total. The van der Waals surface area contributed by atoms with E-state index in [0.717, 1.165) is 0 Å². The topological polar surface area (TPSA) is 55.4 Å². The van der Waals surface area contributed by atoms with Crippen molar-refractivity contribution in [3.8, 4) is 5.75 Å². The lowest BCUT2D eigenvalue weighted by molar-refractivity contribution is -0.118. The van der Waals surface area contributed by atoms with Crippen LogP contribution in [0.4, 0.5) is 10.1 Å². The quantitative estimate of drug-likeness (QED) is 0.823. The van der Waals surface area contributed by atoms with Gasteiger partial charge in [0.25, 0.3) is 5.91 Å². The molecule has 0 spiro atoms. The zero-order valence-corrected chi connectivity index (χ0v) is 14.7. The fraction of sp³-hybridized carbons (Fsp3) is 0.222. The number of carbonyl (C=O) groups is 2. The molecule has 0 aromatic heterocycles. The van der Waals surface area contributed by atoms with E-state index in [1.165, 1.54) is 18.2 Å². The van der Waals surface area contributed by atoms with Gasteiger partial charge in [0.05, 0.1) is 16.3 Å². The largest absolute Gasteiger partial charge is 0.483 e. The highest BCUT2D eigenvalue weighted by Crippen LogP contribution is 2.39. The number of carbonyl (C=O) groups excluding carboxylic acids is 2. The van der Waals surface area contributed by atoms with Crippen LogP contribution < -0.4 is 10.1 Å². The van der Waals surface area contributed by atoms with Crippen LogP contribution in [0, 0.1) is 5.82 Å². The third kappa shape index (κ3) is 3.62. The molecule has 7 heteroatoms. The van der Waals surface area contributed by atoms with Crippen LogP contribution in [0.3, 0.4) is 0 Å². The first kappa shape index (κ1) is 17.7. The summed E-state index contributed by atoms with van der Waals surface area (Å²) in [7, 11) is 0. The van der Waals surface area contributed by atoms with Crippen molar-refractivity contribution >= 4 is 40.6 Å². The number of hydrogen-bond acceptors (Lipinski definition) is 3. The van der Waals surface area contributed by atoms with Gasteiger partial charge in [-0.3, -0.25) is 9.59 Å². The van der Waals surface area contributed by atoms with E-state index < -0.39 is 11.7 Å². The SMILES string of the molecule is C[C@H]1CC(=O)c2c(OCC(=O)Nc3ccc(Cl)cc3Cl)ccc(F)c21. The molecule has 0 saturated carbocycles. The highest BCUT2D eigenvalue weighted by Gasteiger charge is 2.32. The van der Waals surface area contributed by atoms with Crippen LogP contribution in [-0.2, 0) is 4.79 Å². The minimum atomic E-state index is -0.458. The number of anilines is 1. The standard InChI is InChI=1S/C18H14Cl2FNO3/c1-9-6-14(23)18-15(5-3-12(21)17(9)18)25-8-16(24)22-13-4-2-10(19)7-11(13)20/h2-5,7,9H,6,8H2,1H3,(H,22,24)/t9-/m0/s1. The molecule has 1 amide bonds. The summed E-state index contributed by atoms with van der Waals surface area (Å²) in [6.07, 6.45) is 0.235. The van der Waals surface area contributed by atoms with E-state index in [2.05, 4.69) is 5.32 Å². The average molecular weight is 382 g/mol. The number of amides is 1. The maximum absolute atomic E-state index is 13.9. The molecular formula is C18H14Cl2FNO3. The molecule has 0 saturated heterocycles. The fourth-order valence-corrected chi connectivity index (χ4v) is 3.32. The van der Waals surface area contributed by atoms with E-state index in [-0.39, 0.29) is 36.0 Å². The lowest BCUT2D eigenvalue weighted by Crippen LogP contribution is -2.21. The predicted molar refractivity (Wildman–Crippen MR) is 94.3 cm³/mol. The summed E-state index contributed by atoms with van der Waals surface area (Å²) in [5.41, 5.74) is 0.974. The van der Waals surface area contributed by atoms with Gasteiger partial charge in [-0.1, -0.05) is 30.1 Å². The van der Waals surface area contributed by atoms with Crippen molar-refractivity contribution in [1.29, 1.82) is 0 Å². The Morgan fingerprint density at radius 1 is 1.32 bits per heavy atom. The summed E-state index contributed by atoms with van der Waals surface area (Å²) in [5, 5.41) is 3.34. The van der Waals surface area contributed by atoms with Gasteiger partial charge >= 0.3 is 0 Å². The first-order valence-corrected chi connectivity index (χ1v) is 8.35. The predicted octanol–water partition coefficient (Wildman–Crippen LogP) is 4.84. The van der Waals surface area contributed by atoms with Crippen LogP contribution in [0.1, 0.15) is 35.2 Å². The number of hydrogen-bond donors (Lipinski definition) is 1. The number of ketones is 1. The molecule has 2 aromatic rings. The maximum atomic E-state index is 13.9. The Kier molecular flexibility index (Phi) is 4.97. The zero-order valence-electron chi connectivity index (χ0n) is 13.2. The summed E-state index contributed by atoms with van der Waals surface area (Å²) < 4.78 is 19.4. The second-order valence-electron chi connectivity index (χ2n) is 5.82. The van der Waals surface area contributed by atoms with E-state index in [0.29, 0.717) is 21.3 Å². The minimum absolute atomic E-state index is 0.182. The Morgan fingerprint density at radius 2 is 2.08 bits per heavy atom. The lowest BCUT2D eigenvalue weighted by Gasteiger charge is -2.12. The number of Topliss-reactive ketones (excluding diaryl/α,β-unsaturated/α-hetero) is 1. The van der Waals surface area contributed by atoms with Crippen molar-refractivity contribution in [1.82, 2.24) is 0 Å². The van der Waals surface area contributed by atoms with Crippen molar-refractivity contribution in [2.45, 2.75) is 19.3 Å². The number of benzene rings is 2. The minimum Gasteiger partial charge on any atom is -0.483 e. The normalized spacial score (nSPS) is 15.8. The van der Waals surface area contributed by atoms with E-state index in [1.54, 1.807) is 19.1 Å². The molecule has 1 aliphatic carbocycles. The first-order valence-electron chi connectivity index (χ1n) is 7.60. The molecule has 130 valence electrons. The van der Waals surface area contributed by atoms with Crippen LogP contribution in [-0.4, -0.2) is 18.3 Å². The van der Waals surface area contributed by atoms with Gasteiger partial charge in [0.1, 0.15) is 11.6 Å². The van der Waals surface area contributed by atoms with Crippen molar-refractivity contribution in [2.75, 3.05) is 11.9 Å². The third-order valence-electron chi connectivity index (χ3n) is 3.98. The Balaban J connectivity index is 1.72. The van der Waals surface area contributed by atoms with Crippen molar-refractivity contribution < 1.29 is 18.7 Å². The highest BCUT2D eigenvalue weighted by molar-refractivity contribution is 6.36. The van der Waals surface area contributed by atoms with Gasteiger partial charge in [-0.15, -0.1) is 0 Å². The van der Waals surface area contributed by atoms with Crippen LogP contribution in [0.15, 0.2) is 30.3 Å². The second kappa shape index (κ2) is 7.02. The molecule has 4 nitrogen and oxygen atoms in total. The molecule has 0 fully saturated rings.